The number of hydrogen-bond acceptors (Lipinski definition) is 6. The fraction of sp³-hybridized carbons (Fsp3) is 0.200. The molecule has 1 saturated heterocycles. The molecule has 0 aliphatic carbocycles. The van der Waals surface area contributed by atoms with Crippen LogP contribution in [0.5, 0.6) is 0 Å². The molecule has 6 nitrogen and oxygen atoms in total. The van der Waals surface area contributed by atoms with E-state index >= 15 is 0 Å². The van der Waals surface area contributed by atoms with Gasteiger partial charge in [-0.15, -0.1) is 11.3 Å². The van der Waals surface area contributed by atoms with Gasteiger partial charge in [-0.2, -0.15) is 0 Å². The lowest BCUT2D eigenvalue weighted by molar-refractivity contribution is -0.117. The predicted molar refractivity (Wildman–Crippen MR) is 133 cm³/mol. The van der Waals surface area contributed by atoms with Crippen LogP contribution in [0.2, 0.25) is 0 Å². The van der Waals surface area contributed by atoms with Gasteiger partial charge in [0.1, 0.15) is 16.2 Å². The normalized spacial score (nSPS) is 13.6. The quantitative estimate of drug-likeness (QED) is 0.368. The zero-order valence-electron chi connectivity index (χ0n) is 18.3. The topological polar surface area (TPSA) is 75.2 Å². The van der Waals surface area contributed by atoms with Gasteiger partial charge in [0, 0.05) is 39.5 Å². The average Bonchev–Trinajstić information content (AvgIpc) is 3.37. The number of carbonyl (C=O) groups excluding carboxylic acids is 2. The number of anilines is 2. The summed E-state index contributed by atoms with van der Waals surface area (Å²) in [5.74, 6) is -0.0424. The fourth-order valence-electron chi connectivity index (χ4n) is 3.92. The lowest BCUT2D eigenvalue weighted by atomic mass is 10.2. The summed E-state index contributed by atoms with van der Waals surface area (Å²) in [5.41, 5.74) is 3.30. The Morgan fingerprint density at radius 1 is 1.09 bits per heavy atom. The van der Waals surface area contributed by atoms with Crippen molar-refractivity contribution in [1.82, 2.24) is 9.97 Å². The van der Waals surface area contributed by atoms with Crippen molar-refractivity contribution >= 4 is 56.5 Å². The standard InChI is InChI=1S/C25H22N4O2S2/c1-15-16(2)32-24-22(15)25(27-14-26-24)33-20-7-4-3-6-19(20)23(31)28-17-9-11-18(12-10-17)29-13-5-8-21(29)30/h3-4,6-7,9-12,14H,5,8,13H2,1-2H3,(H,28,31). The number of thiophene rings is 1. The first-order valence-electron chi connectivity index (χ1n) is 10.7. The molecule has 1 N–H and O–H groups in total. The summed E-state index contributed by atoms with van der Waals surface area (Å²) < 4.78 is 0. The van der Waals surface area contributed by atoms with E-state index in [2.05, 4.69) is 29.1 Å². The summed E-state index contributed by atoms with van der Waals surface area (Å²) >= 11 is 3.14. The van der Waals surface area contributed by atoms with Crippen molar-refractivity contribution in [2.24, 2.45) is 0 Å². The Labute approximate surface area is 200 Å². The van der Waals surface area contributed by atoms with Crippen LogP contribution < -0.4 is 10.2 Å². The Balaban J connectivity index is 1.38. The molecule has 1 aliphatic heterocycles. The van der Waals surface area contributed by atoms with Crippen LogP contribution in [0.15, 0.2) is 64.8 Å². The minimum atomic E-state index is -0.188. The molecular formula is C25H22N4O2S2. The second-order valence-electron chi connectivity index (χ2n) is 7.89. The molecule has 2 amide bonds. The minimum Gasteiger partial charge on any atom is -0.322 e. The molecule has 0 radical (unpaired) electrons. The molecule has 8 heteroatoms. The molecule has 166 valence electrons. The number of amides is 2. The molecular weight excluding hydrogens is 452 g/mol. The minimum absolute atomic E-state index is 0.146. The van der Waals surface area contributed by atoms with Crippen molar-refractivity contribution in [3.63, 3.8) is 0 Å². The lowest BCUT2D eigenvalue weighted by Gasteiger charge is -2.16. The number of carbonyl (C=O) groups is 2. The van der Waals surface area contributed by atoms with Crippen molar-refractivity contribution in [3.8, 4) is 0 Å². The molecule has 0 bridgehead atoms. The Morgan fingerprint density at radius 2 is 1.88 bits per heavy atom. The third-order valence-corrected chi connectivity index (χ3v) is 7.97. The Kier molecular flexibility index (Phi) is 5.86. The highest BCUT2D eigenvalue weighted by Crippen LogP contribution is 2.38. The zero-order valence-corrected chi connectivity index (χ0v) is 19.9. The van der Waals surface area contributed by atoms with E-state index in [1.165, 1.54) is 22.2 Å². The van der Waals surface area contributed by atoms with Gasteiger partial charge in [-0.1, -0.05) is 23.9 Å². The van der Waals surface area contributed by atoms with Crippen molar-refractivity contribution in [1.29, 1.82) is 0 Å². The summed E-state index contributed by atoms with van der Waals surface area (Å²) in [4.78, 5) is 38.8. The van der Waals surface area contributed by atoms with Gasteiger partial charge in [0.15, 0.2) is 0 Å². The summed E-state index contributed by atoms with van der Waals surface area (Å²) in [6, 6.07) is 14.9. The van der Waals surface area contributed by atoms with Crippen LogP contribution in [0.4, 0.5) is 11.4 Å². The van der Waals surface area contributed by atoms with Crippen molar-refractivity contribution in [2.45, 2.75) is 36.6 Å². The Morgan fingerprint density at radius 3 is 2.64 bits per heavy atom. The highest BCUT2D eigenvalue weighted by molar-refractivity contribution is 7.99. The second kappa shape index (κ2) is 8.96. The Hall–Kier alpha value is -3.23. The van der Waals surface area contributed by atoms with E-state index < -0.39 is 0 Å². The summed E-state index contributed by atoms with van der Waals surface area (Å²) in [5, 5.41) is 4.88. The van der Waals surface area contributed by atoms with Crippen LogP contribution in [-0.4, -0.2) is 28.3 Å². The maximum Gasteiger partial charge on any atom is 0.256 e. The first-order valence-corrected chi connectivity index (χ1v) is 12.3. The predicted octanol–water partition coefficient (Wildman–Crippen LogP) is 5.84. The van der Waals surface area contributed by atoms with Crippen LogP contribution in [0.25, 0.3) is 10.2 Å². The van der Waals surface area contributed by atoms with Gasteiger partial charge in [0.2, 0.25) is 5.91 Å². The third kappa shape index (κ3) is 4.24. The Bertz CT molecular complexity index is 1360. The number of fused-ring (bicyclic) bond motifs is 1. The zero-order chi connectivity index (χ0) is 22.9. The molecule has 0 atom stereocenters. The van der Waals surface area contributed by atoms with Gasteiger partial charge >= 0.3 is 0 Å². The molecule has 2 aromatic carbocycles. The molecule has 5 rings (SSSR count). The van der Waals surface area contributed by atoms with Gasteiger partial charge in [-0.3, -0.25) is 9.59 Å². The average molecular weight is 475 g/mol. The third-order valence-electron chi connectivity index (χ3n) is 5.78. The molecule has 2 aromatic heterocycles. The molecule has 0 unspecified atom stereocenters. The van der Waals surface area contributed by atoms with E-state index in [0.717, 1.165) is 38.8 Å². The van der Waals surface area contributed by atoms with Crippen molar-refractivity contribution in [3.05, 3.63) is 70.9 Å². The van der Waals surface area contributed by atoms with Crippen molar-refractivity contribution in [2.75, 3.05) is 16.8 Å². The second-order valence-corrected chi connectivity index (χ2v) is 10.1. The van der Waals surface area contributed by atoms with E-state index in [1.54, 1.807) is 22.6 Å². The molecule has 0 saturated carbocycles. The van der Waals surface area contributed by atoms with E-state index in [4.69, 9.17) is 0 Å². The highest BCUT2D eigenvalue weighted by atomic mass is 32.2. The highest BCUT2D eigenvalue weighted by Gasteiger charge is 2.22. The molecule has 0 spiro atoms. The number of nitrogens with zero attached hydrogens (tertiary/aromatic N) is 3. The fourth-order valence-corrected chi connectivity index (χ4v) is 6.06. The van der Waals surface area contributed by atoms with Crippen LogP contribution in [0.3, 0.4) is 0 Å². The monoisotopic (exact) mass is 474 g/mol. The maximum atomic E-state index is 13.1. The summed E-state index contributed by atoms with van der Waals surface area (Å²) in [6.07, 6.45) is 3.06. The van der Waals surface area contributed by atoms with Gasteiger partial charge in [0.25, 0.3) is 5.91 Å². The van der Waals surface area contributed by atoms with E-state index in [9.17, 15) is 9.59 Å². The smallest absolute Gasteiger partial charge is 0.256 e. The number of nitrogens with one attached hydrogen (secondary N) is 1. The first kappa shape index (κ1) is 21.6. The van der Waals surface area contributed by atoms with E-state index in [1.807, 2.05) is 48.5 Å². The molecule has 33 heavy (non-hydrogen) atoms. The molecule has 3 heterocycles. The van der Waals surface area contributed by atoms with Crippen LogP contribution in [0, 0.1) is 13.8 Å². The first-order chi connectivity index (χ1) is 16.0. The number of aromatic nitrogens is 2. The van der Waals surface area contributed by atoms with Crippen LogP contribution in [-0.2, 0) is 4.79 Å². The number of aryl methyl sites for hydroxylation is 2. The lowest BCUT2D eigenvalue weighted by Crippen LogP contribution is -2.23. The largest absolute Gasteiger partial charge is 0.322 e. The molecule has 1 aliphatic rings. The van der Waals surface area contributed by atoms with E-state index in [0.29, 0.717) is 17.7 Å². The number of rotatable bonds is 5. The van der Waals surface area contributed by atoms with Crippen molar-refractivity contribution < 1.29 is 9.59 Å². The maximum absolute atomic E-state index is 13.1. The van der Waals surface area contributed by atoms with Gasteiger partial charge in [-0.25, -0.2) is 9.97 Å². The summed E-state index contributed by atoms with van der Waals surface area (Å²) in [7, 11) is 0. The number of hydrogen-bond donors (Lipinski definition) is 1. The van der Waals surface area contributed by atoms with Crippen LogP contribution in [0.1, 0.15) is 33.6 Å². The number of benzene rings is 2. The van der Waals surface area contributed by atoms with Gasteiger partial charge in [0.05, 0.1) is 5.56 Å². The van der Waals surface area contributed by atoms with Crippen LogP contribution >= 0.6 is 23.1 Å². The van der Waals surface area contributed by atoms with Gasteiger partial charge < -0.3 is 10.2 Å². The molecule has 1 fully saturated rings. The molecule has 4 aromatic rings. The van der Waals surface area contributed by atoms with E-state index in [-0.39, 0.29) is 11.8 Å². The SMILES string of the molecule is Cc1sc2ncnc(Sc3ccccc3C(=O)Nc3ccc(N4CCCC4=O)cc3)c2c1C. The van der Waals surface area contributed by atoms with Gasteiger partial charge in [-0.05, 0) is 62.2 Å². The summed E-state index contributed by atoms with van der Waals surface area (Å²) in [6.45, 7) is 4.91.